The highest BCUT2D eigenvalue weighted by Crippen LogP contribution is 2.30. The minimum absolute atomic E-state index is 0.177. The first kappa shape index (κ1) is 24.2. The van der Waals surface area contributed by atoms with Crippen LogP contribution in [0.5, 0.6) is 0 Å². The van der Waals surface area contributed by atoms with E-state index in [0.717, 1.165) is 19.3 Å². The molecule has 0 bridgehead atoms. The normalized spacial score (nSPS) is 22.8. The molecule has 0 spiro atoms. The summed E-state index contributed by atoms with van der Waals surface area (Å²) >= 11 is 1.31. The topological polar surface area (TPSA) is 110 Å². The molecule has 2 fully saturated rings. The summed E-state index contributed by atoms with van der Waals surface area (Å²) < 4.78 is 29.5. The van der Waals surface area contributed by atoms with E-state index in [2.05, 4.69) is 34.7 Å². The molecule has 2 heterocycles. The van der Waals surface area contributed by atoms with Crippen molar-refractivity contribution in [1.82, 2.24) is 24.5 Å². The molecule has 1 aliphatic carbocycles. The van der Waals surface area contributed by atoms with Crippen LogP contribution >= 0.6 is 11.8 Å². The van der Waals surface area contributed by atoms with Gasteiger partial charge in [0.25, 0.3) is 0 Å². The number of thioether (sulfide) groups is 1. The van der Waals surface area contributed by atoms with Gasteiger partial charge in [-0.1, -0.05) is 44.9 Å². The molecule has 180 valence electrons. The fourth-order valence-corrected chi connectivity index (χ4v) is 7.25. The van der Waals surface area contributed by atoms with E-state index in [1.54, 1.807) is 28.6 Å². The molecule has 1 saturated heterocycles. The summed E-state index contributed by atoms with van der Waals surface area (Å²) in [6, 6.07) is 6.70. The highest BCUT2D eigenvalue weighted by Gasteiger charge is 2.31. The van der Waals surface area contributed by atoms with Crippen LogP contribution in [-0.4, -0.2) is 57.7 Å². The predicted molar refractivity (Wildman–Crippen MR) is 127 cm³/mol. The van der Waals surface area contributed by atoms with Crippen LogP contribution in [0.25, 0.3) is 0 Å². The smallest absolute Gasteiger partial charge is 0.243 e. The monoisotopic (exact) mass is 492 g/mol. The summed E-state index contributed by atoms with van der Waals surface area (Å²) in [5.41, 5.74) is 0.562. The minimum atomic E-state index is -3.54. The third kappa shape index (κ3) is 5.93. The van der Waals surface area contributed by atoms with Gasteiger partial charge in [-0.3, -0.25) is 4.79 Å². The first-order valence-electron chi connectivity index (χ1n) is 11.6. The summed E-state index contributed by atoms with van der Waals surface area (Å²) in [5.74, 6) is 0.682. The van der Waals surface area contributed by atoms with E-state index in [-0.39, 0.29) is 16.6 Å². The number of nitrogens with zero attached hydrogens (tertiary/aromatic N) is 5. The average Bonchev–Trinajstić information content (AvgIpc) is 3.27. The van der Waals surface area contributed by atoms with E-state index in [9.17, 15) is 13.2 Å². The van der Waals surface area contributed by atoms with Gasteiger partial charge in [0.15, 0.2) is 0 Å². The Bertz CT molecular complexity index is 1040. The van der Waals surface area contributed by atoms with Crippen molar-refractivity contribution in [2.24, 2.45) is 11.8 Å². The molecule has 11 heteroatoms. The first-order chi connectivity index (χ1) is 15.8. The third-order valence-corrected chi connectivity index (χ3v) is 9.11. The Balaban J connectivity index is 1.33. The molecule has 1 amide bonds. The van der Waals surface area contributed by atoms with Crippen LogP contribution in [0.1, 0.15) is 58.4 Å². The Morgan fingerprint density at radius 1 is 1.09 bits per heavy atom. The number of aromatic nitrogens is 4. The van der Waals surface area contributed by atoms with E-state index in [4.69, 9.17) is 0 Å². The van der Waals surface area contributed by atoms with Crippen molar-refractivity contribution in [2.45, 2.75) is 68.5 Å². The number of sulfonamides is 1. The zero-order valence-corrected chi connectivity index (χ0v) is 20.8. The molecule has 1 aliphatic heterocycles. The van der Waals surface area contributed by atoms with Gasteiger partial charge < -0.3 is 5.32 Å². The van der Waals surface area contributed by atoms with Crippen LogP contribution in [0.15, 0.2) is 34.3 Å². The molecule has 4 rings (SSSR count). The molecule has 33 heavy (non-hydrogen) atoms. The molecular weight excluding hydrogens is 460 g/mol. The quantitative estimate of drug-likeness (QED) is 0.588. The second-order valence-electron chi connectivity index (χ2n) is 9.33. The van der Waals surface area contributed by atoms with Gasteiger partial charge in [-0.15, -0.1) is 5.10 Å². The van der Waals surface area contributed by atoms with Crippen LogP contribution in [0.2, 0.25) is 0 Å². The van der Waals surface area contributed by atoms with Gasteiger partial charge >= 0.3 is 0 Å². The Kier molecular flexibility index (Phi) is 7.70. The van der Waals surface area contributed by atoms with Gasteiger partial charge in [0, 0.05) is 18.8 Å². The molecule has 2 unspecified atom stereocenters. The fraction of sp³-hybridized carbons (Fsp3) is 0.636. The number of hydrogen-bond acceptors (Lipinski definition) is 7. The summed E-state index contributed by atoms with van der Waals surface area (Å²) in [4.78, 5) is 12.7. The van der Waals surface area contributed by atoms with Crippen molar-refractivity contribution >= 4 is 33.4 Å². The third-order valence-electron chi connectivity index (χ3n) is 6.33. The number of piperidine rings is 1. The molecule has 2 aromatic rings. The Labute approximate surface area is 199 Å². The Morgan fingerprint density at radius 3 is 2.42 bits per heavy atom. The summed E-state index contributed by atoms with van der Waals surface area (Å²) in [6.07, 6.45) is 6.78. The van der Waals surface area contributed by atoms with E-state index in [0.29, 0.717) is 41.8 Å². The molecule has 1 saturated carbocycles. The zero-order chi connectivity index (χ0) is 23.4. The molecule has 9 nitrogen and oxygen atoms in total. The van der Waals surface area contributed by atoms with Crippen LogP contribution in [0.4, 0.5) is 5.69 Å². The molecule has 0 radical (unpaired) electrons. The lowest BCUT2D eigenvalue weighted by molar-refractivity contribution is -0.113. The number of hydrogen-bond donors (Lipinski definition) is 1. The fourth-order valence-electron chi connectivity index (χ4n) is 4.82. The molecule has 2 atom stereocenters. The van der Waals surface area contributed by atoms with Gasteiger partial charge in [-0.05, 0) is 65.8 Å². The van der Waals surface area contributed by atoms with Crippen molar-refractivity contribution in [1.29, 1.82) is 0 Å². The summed E-state index contributed by atoms with van der Waals surface area (Å²) in [7, 11) is -3.54. The van der Waals surface area contributed by atoms with Crippen molar-refractivity contribution in [3.8, 4) is 0 Å². The maximum atomic E-state index is 13.0. The highest BCUT2D eigenvalue weighted by atomic mass is 32.2. The second-order valence-corrected chi connectivity index (χ2v) is 12.2. The molecule has 1 aromatic heterocycles. The maximum Gasteiger partial charge on any atom is 0.243 e. The van der Waals surface area contributed by atoms with Crippen LogP contribution in [0, 0.1) is 11.8 Å². The standard InChI is InChI=1S/C22H32N6O3S2/c1-16-12-17(2)14-27(13-16)33(30,31)20-10-8-18(9-11-20)23-21(29)15-32-22-24-25-26-28(22)19-6-4-3-5-7-19/h8-11,16-17,19H,3-7,12-15H2,1-2H3,(H,23,29). The van der Waals surface area contributed by atoms with Gasteiger partial charge in [0.2, 0.25) is 21.1 Å². The van der Waals surface area contributed by atoms with Crippen LogP contribution < -0.4 is 5.32 Å². The lowest BCUT2D eigenvalue weighted by Gasteiger charge is -2.34. The number of nitrogens with one attached hydrogen (secondary N) is 1. The lowest BCUT2D eigenvalue weighted by Crippen LogP contribution is -2.42. The first-order valence-corrected chi connectivity index (χ1v) is 14.1. The molecular formula is C22H32N6O3S2. The van der Waals surface area contributed by atoms with Gasteiger partial charge in [0.1, 0.15) is 0 Å². The Morgan fingerprint density at radius 2 is 1.76 bits per heavy atom. The number of tetrazole rings is 1. The summed E-state index contributed by atoms with van der Waals surface area (Å²) in [6.45, 7) is 5.26. The lowest BCUT2D eigenvalue weighted by atomic mass is 9.94. The molecule has 2 aliphatic rings. The van der Waals surface area contributed by atoms with Crippen molar-refractivity contribution in [3.05, 3.63) is 24.3 Å². The molecule has 1 N–H and O–H groups in total. The average molecular weight is 493 g/mol. The largest absolute Gasteiger partial charge is 0.325 e. The van der Waals surface area contributed by atoms with Gasteiger partial charge in [-0.25, -0.2) is 13.1 Å². The molecule has 1 aromatic carbocycles. The van der Waals surface area contributed by atoms with Crippen molar-refractivity contribution in [2.75, 3.05) is 24.2 Å². The maximum absolute atomic E-state index is 13.0. The minimum Gasteiger partial charge on any atom is -0.325 e. The highest BCUT2D eigenvalue weighted by molar-refractivity contribution is 7.99. The number of rotatable bonds is 7. The number of anilines is 1. The van der Waals surface area contributed by atoms with E-state index in [1.165, 1.54) is 31.0 Å². The van der Waals surface area contributed by atoms with Crippen LogP contribution in [0.3, 0.4) is 0 Å². The Hall–Kier alpha value is -1.98. The van der Waals surface area contributed by atoms with Crippen molar-refractivity contribution < 1.29 is 13.2 Å². The van der Waals surface area contributed by atoms with Crippen molar-refractivity contribution in [3.63, 3.8) is 0 Å². The SMILES string of the molecule is CC1CC(C)CN(S(=O)(=O)c2ccc(NC(=O)CSc3nnnn3C3CCCCC3)cc2)C1. The van der Waals surface area contributed by atoms with E-state index in [1.807, 2.05) is 4.68 Å². The van der Waals surface area contributed by atoms with Crippen LogP contribution in [-0.2, 0) is 14.8 Å². The van der Waals surface area contributed by atoms with E-state index < -0.39 is 10.0 Å². The summed E-state index contributed by atoms with van der Waals surface area (Å²) in [5, 5.41) is 15.5. The predicted octanol–water partition coefficient (Wildman–Crippen LogP) is 3.58. The number of amides is 1. The van der Waals surface area contributed by atoms with Gasteiger partial charge in [-0.2, -0.15) is 4.31 Å². The van der Waals surface area contributed by atoms with Gasteiger partial charge in [0.05, 0.1) is 16.7 Å². The second kappa shape index (κ2) is 10.5. The number of carbonyl (C=O) groups is 1. The number of benzene rings is 1. The van der Waals surface area contributed by atoms with E-state index >= 15 is 0 Å². The zero-order valence-electron chi connectivity index (χ0n) is 19.2. The number of carbonyl (C=O) groups excluding carboxylic acids is 1.